The minimum atomic E-state index is -0.979. The molecule has 2 atom stereocenters. The molecule has 2 heterocycles. The Hall–Kier alpha value is -1.62. The maximum absolute atomic E-state index is 11.0. The smallest absolute Gasteiger partial charge is 0.354 e. The topological polar surface area (TPSA) is 62.7 Å². The molecule has 0 spiro atoms. The SMILES string of the molecule is O=C(O)c1cccc(N2CCO[C@H]3CCC[C@H]32)n1. The number of carboxylic acid groups (broad SMARTS) is 1. The van der Waals surface area contributed by atoms with Crippen LogP contribution in [0.3, 0.4) is 0 Å². The van der Waals surface area contributed by atoms with Crippen LogP contribution in [0.4, 0.5) is 5.82 Å². The molecule has 1 aromatic rings. The number of hydrogen-bond donors (Lipinski definition) is 1. The standard InChI is InChI=1S/C13H16N2O3/c16-13(17)9-3-1-6-12(14-9)15-7-8-18-11-5-2-4-10(11)15/h1,3,6,10-11H,2,4-5,7-8H2,(H,16,17)/t10-,11+/m1/s1. The fourth-order valence-corrected chi connectivity index (χ4v) is 2.91. The molecule has 0 unspecified atom stereocenters. The summed E-state index contributed by atoms with van der Waals surface area (Å²) < 4.78 is 5.75. The minimum absolute atomic E-state index is 0.105. The van der Waals surface area contributed by atoms with Crippen LogP contribution in [-0.2, 0) is 4.74 Å². The van der Waals surface area contributed by atoms with Gasteiger partial charge in [-0.05, 0) is 31.4 Å². The number of nitrogens with zero attached hydrogens (tertiary/aromatic N) is 2. The lowest BCUT2D eigenvalue weighted by molar-refractivity contribution is 0.0253. The molecule has 1 aliphatic heterocycles. The van der Waals surface area contributed by atoms with Gasteiger partial charge in [0, 0.05) is 6.54 Å². The van der Waals surface area contributed by atoms with Gasteiger partial charge in [-0.1, -0.05) is 6.07 Å². The lowest BCUT2D eigenvalue weighted by atomic mass is 10.1. The zero-order valence-corrected chi connectivity index (χ0v) is 10.1. The van der Waals surface area contributed by atoms with Crippen molar-refractivity contribution in [1.29, 1.82) is 0 Å². The molecule has 0 amide bonds. The number of aromatic carboxylic acids is 1. The number of pyridine rings is 1. The van der Waals surface area contributed by atoms with Crippen LogP contribution < -0.4 is 4.90 Å². The van der Waals surface area contributed by atoms with Crippen molar-refractivity contribution in [2.75, 3.05) is 18.1 Å². The first kappa shape index (κ1) is 11.5. The minimum Gasteiger partial charge on any atom is -0.477 e. The summed E-state index contributed by atoms with van der Waals surface area (Å²) in [7, 11) is 0. The average Bonchev–Trinajstić information content (AvgIpc) is 2.87. The fourth-order valence-electron chi connectivity index (χ4n) is 2.91. The van der Waals surface area contributed by atoms with Crippen molar-refractivity contribution in [1.82, 2.24) is 4.98 Å². The van der Waals surface area contributed by atoms with Gasteiger partial charge in [0.1, 0.15) is 5.82 Å². The number of carbonyl (C=O) groups is 1. The molecule has 1 saturated heterocycles. The summed E-state index contributed by atoms with van der Waals surface area (Å²) in [5, 5.41) is 8.99. The van der Waals surface area contributed by atoms with Crippen LogP contribution >= 0.6 is 0 Å². The van der Waals surface area contributed by atoms with E-state index in [1.165, 1.54) is 12.5 Å². The highest BCUT2D eigenvalue weighted by atomic mass is 16.5. The Morgan fingerprint density at radius 2 is 2.33 bits per heavy atom. The maximum Gasteiger partial charge on any atom is 0.354 e. The van der Waals surface area contributed by atoms with Gasteiger partial charge in [0.15, 0.2) is 5.69 Å². The summed E-state index contributed by atoms with van der Waals surface area (Å²) in [6.07, 6.45) is 3.66. The van der Waals surface area contributed by atoms with E-state index in [9.17, 15) is 4.79 Å². The molecule has 5 heteroatoms. The Bertz CT molecular complexity index is 463. The summed E-state index contributed by atoms with van der Waals surface area (Å²) >= 11 is 0. The maximum atomic E-state index is 11.0. The van der Waals surface area contributed by atoms with E-state index in [1.807, 2.05) is 6.07 Å². The first-order chi connectivity index (χ1) is 8.75. The third kappa shape index (κ3) is 1.95. The molecule has 2 aliphatic rings. The Balaban J connectivity index is 1.89. The highest BCUT2D eigenvalue weighted by Gasteiger charge is 2.36. The molecule has 1 N–H and O–H groups in total. The predicted octanol–water partition coefficient (Wildman–Crippen LogP) is 1.54. The van der Waals surface area contributed by atoms with E-state index in [0.717, 1.165) is 25.2 Å². The Morgan fingerprint density at radius 3 is 3.17 bits per heavy atom. The molecule has 18 heavy (non-hydrogen) atoms. The average molecular weight is 248 g/mol. The number of fused-ring (bicyclic) bond motifs is 1. The number of aromatic nitrogens is 1. The van der Waals surface area contributed by atoms with Crippen LogP contribution in [0.2, 0.25) is 0 Å². The number of carboxylic acids is 1. The van der Waals surface area contributed by atoms with E-state index in [1.54, 1.807) is 6.07 Å². The quantitative estimate of drug-likeness (QED) is 0.860. The zero-order chi connectivity index (χ0) is 12.5. The molecule has 3 rings (SSSR count). The summed E-state index contributed by atoms with van der Waals surface area (Å²) in [4.78, 5) is 17.4. The van der Waals surface area contributed by atoms with Crippen molar-refractivity contribution in [3.63, 3.8) is 0 Å². The van der Waals surface area contributed by atoms with Gasteiger partial charge in [-0.2, -0.15) is 0 Å². The molecule has 0 radical (unpaired) electrons. The number of hydrogen-bond acceptors (Lipinski definition) is 4. The second-order valence-corrected chi connectivity index (χ2v) is 4.79. The number of anilines is 1. The number of rotatable bonds is 2. The van der Waals surface area contributed by atoms with Gasteiger partial charge in [0.25, 0.3) is 0 Å². The van der Waals surface area contributed by atoms with Gasteiger partial charge < -0.3 is 14.7 Å². The van der Waals surface area contributed by atoms with Crippen molar-refractivity contribution in [2.45, 2.75) is 31.4 Å². The van der Waals surface area contributed by atoms with Crippen LogP contribution in [-0.4, -0.2) is 41.4 Å². The van der Waals surface area contributed by atoms with Crippen LogP contribution in [0.5, 0.6) is 0 Å². The van der Waals surface area contributed by atoms with E-state index in [2.05, 4.69) is 9.88 Å². The second kappa shape index (κ2) is 4.57. The molecular weight excluding hydrogens is 232 g/mol. The predicted molar refractivity (Wildman–Crippen MR) is 65.9 cm³/mol. The molecule has 1 saturated carbocycles. The summed E-state index contributed by atoms with van der Waals surface area (Å²) in [6, 6.07) is 5.52. The molecule has 0 bridgehead atoms. The third-order valence-corrected chi connectivity index (χ3v) is 3.73. The molecule has 96 valence electrons. The largest absolute Gasteiger partial charge is 0.477 e. The molecule has 1 aliphatic carbocycles. The van der Waals surface area contributed by atoms with Crippen molar-refractivity contribution >= 4 is 11.8 Å². The van der Waals surface area contributed by atoms with E-state index < -0.39 is 5.97 Å². The lowest BCUT2D eigenvalue weighted by Crippen LogP contribution is -2.49. The fraction of sp³-hybridized carbons (Fsp3) is 0.538. The molecule has 2 fully saturated rings. The number of ether oxygens (including phenoxy) is 1. The molecular formula is C13H16N2O3. The normalized spacial score (nSPS) is 27.0. The highest BCUT2D eigenvalue weighted by molar-refractivity contribution is 5.85. The Labute approximate surface area is 105 Å². The Morgan fingerprint density at radius 1 is 1.44 bits per heavy atom. The zero-order valence-electron chi connectivity index (χ0n) is 10.1. The van der Waals surface area contributed by atoms with Gasteiger partial charge in [-0.3, -0.25) is 0 Å². The lowest BCUT2D eigenvalue weighted by Gasteiger charge is -2.38. The van der Waals surface area contributed by atoms with Gasteiger partial charge in [-0.25, -0.2) is 9.78 Å². The monoisotopic (exact) mass is 248 g/mol. The molecule has 0 aromatic carbocycles. The van der Waals surface area contributed by atoms with Gasteiger partial charge >= 0.3 is 5.97 Å². The van der Waals surface area contributed by atoms with Gasteiger partial charge in [0.2, 0.25) is 0 Å². The van der Waals surface area contributed by atoms with E-state index in [-0.39, 0.29) is 11.8 Å². The Kier molecular flexibility index (Phi) is 2.91. The van der Waals surface area contributed by atoms with E-state index in [0.29, 0.717) is 12.6 Å². The highest BCUT2D eigenvalue weighted by Crippen LogP contribution is 2.32. The molecule has 1 aromatic heterocycles. The summed E-state index contributed by atoms with van der Waals surface area (Å²) in [5.41, 5.74) is 0.105. The number of morpholine rings is 1. The first-order valence-electron chi connectivity index (χ1n) is 6.34. The van der Waals surface area contributed by atoms with Gasteiger partial charge in [-0.15, -0.1) is 0 Å². The second-order valence-electron chi connectivity index (χ2n) is 4.79. The van der Waals surface area contributed by atoms with E-state index >= 15 is 0 Å². The van der Waals surface area contributed by atoms with Crippen molar-refractivity contribution < 1.29 is 14.6 Å². The van der Waals surface area contributed by atoms with Crippen LogP contribution in [0.1, 0.15) is 29.8 Å². The van der Waals surface area contributed by atoms with Gasteiger partial charge in [0.05, 0.1) is 18.8 Å². The van der Waals surface area contributed by atoms with Crippen LogP contribution in [0.25, 0.3) is 0 Å². The van der Waals surface area contributed by atoms with Crippen molar-refractivity contribution in [3.8, 4) is 0 Å². The van der Waals surface area contributed by atoms with Crippen molar-refractivity contribution in [2.24, 2.45) is 0 Å². The van der Waals surface area contributed by atoms with Crippen LogP contribution in [0, 0.1) is 0 Å². The van der Waals surface area contributed by atoms with Crippen LogP contribution in [0.15, 0.2) is 18.2 Å². The third-order valence-electron chi connectivity index (χ3n) is 3.73. The first-order valence-corrected chi connectivity index (χ1v) is 6.34. The van der Waals surface area contributed by atoms with E-state index in [4.69, 9.17) is 9.84 Å². The van der Waals surface area contributed by atoms with Crippen molar-refractivity contribution in [3.05, 3.63) is 23.9 Å². The summed E-state index contributed by atoms with van der Waals surface area (Å²) in [6.45, 7) is 1.48. The summed E-state index contributed by atoms with van der Waals surface area (Å²) in [5.74, 6) is -0.219. The molecule has 5 nitrogen and oxygen atoms in total.